The molecule has 29 heavy (non-hydrogen) atoms. The third kappa shape index (κ3) is 4.36. The van der Waals surface area contributed by atoms with Gasteiger partial charge in [-0.25, -0.2) is 13.2 Å². The van der Waals surface area contributed by atoms with E-state index in [0.29, 0.717) is 24.3 Å². The molecule has 1 N–H and O–H groups in total. The number of piperidine rings is 1. The van der Waals surface area contributed by atoms with Crippen molar-refractivity contribution in [2.75, 3.05) is 25.5 Å². The molecule has 156 valence electrons. The van der Waals surface area contributed by atoms with Crippen LogP contribution >= 0.6 is 11.3 Å². The summed E-state index contributed by atoms with van der Waals surface area (Å²) in [7, 11) is -2.42. The van der Waals surface area contributed by atoms with Gasteiger partial charge >= 0.3 is 5.97 Å². The van der Waals surface area contributed by atoms with E-state index in [4.69, 9.17) is 4.74 Å². The van der Waals surface area contributed by atoms with Crippen LogP contribution < -0.4 is 5.32 Å². The highest BCUT2D eigenvalue weighted by Crippen LogP contribution is 2.29. The summed E-state index contributed by atoms with van der Waals surface area (Å²) < 4.78 is 32.2. The van der Waals surface area contributed by atoms with Gasteiger partial charge in [0.15, 0.2) is 0 Å². The zero-order chi connectivity index (χ0) is 21.2. The van der Waals surface area contributed by atoms with E-state index in [2.05, 4.69) is 5.32 Å². The first-order valence-electron chi connectivity index (χ1n) is 9.34. The minimum absolute atomic E-state index is 0.0268. The third-order valence-electron chi connectivity index (χ3n) is 5.10. The van der Waals surface area contributed by atoms with Crippen molar-refractivity contribution in [3.05, 3.63) is 45.1 Å². The SMILES string of the molecule is COC(=O)c1cc(NC(=O)c2sccc2S(=O)(=O)N2CCCCC2)cc(C)c1C. The molecule has 9 heteroatoms. The molecule has 2 heterocycles. The van der Waals surface area contributed by atoms with Crippen molar-refractivity contribution in [1.82, 2.24) is 4.31 Å². The van der Waals surface area contributed by atoms with E-state index in [1.54, 1.807) is 24.4 Å². The predicted octanol–water partition coefficient (Wildman–Crippen LogP) is 3.58. The van der Waals surface area contributed by atoms with Crippen LogP contribution in [0.1, 0.15) is 50.4 Å². The predicted molar refractivity (Wildman–Crippen MR) is 112 cm³/mol. The zero-order valence-corrected chi connectivity index (χ0v) is 18.3. The Morgan fingerprint density at radius 3 is 2.48 bits per heavy atom. The van der Waals surface area contributed by atoms with Crippen LogP contribution in [0.15, 0.2) is 28.5 Å². The van der Waals surface area contributed by atoms with Gasteiger partial charge in [0.05, 0.1) is 12.7 Å². The van der Waals surface area contributed by atoms with Gasteiger partial charge in [-0.3, -0.25) is 4.79 Å². The number of nitrogens with zero attached hydrogens (tertiary/aromatic N) is 1. The number of aryl methyl sites for hydroxylation is 1. The number of hydrogen-bond acceptors (Lipinski definition) is 6. The molecule has 1 fully saturated rings. The molecule has 0 saturated carbocycles. The van der Waals surface area contributed by atoms with E-state index in [1.165, 1.54) is 17.5 Å². The summed E-state index contributed by atoms with van der Waals surface area (Å²) in [5.74, 6) is -1.01. The molecule has 1 aromatic heterocycles. The first-order chi connectivity index (χ1) is 13.8. The molecule has 0 radical (unpaired) electrons. The summed E-state index contributed by atoms with van der Waals surface area (Å²) >= 11 is 1.08. The van der Waals surface area contributed by atoms with E-state index in [9.17, 15) is 18.0 Å². The van der Waals surface area contributed by atoms with Crippen molar-refractivity contribution in [3.63, 3.8) is 0 Å². The standard InChI is InChI=1S/C20H24N2O5S2/c1-13-11-15(12-16(14(13)2)20(24)27-3)21-19(23)18-17(7-10-28-18)29(25,26)22-8-5-4-6-9-22/h7,10-12H,4-6,8-9H2,1-3H3,(H,21,23). The summed E-state index contributed by atoms with van der Waals surface area (Å²) in [6.45, 7) is 4.57. The first-order valence-corrected chi connectivity index (χ1v) is 11.7. The molecule has 0 aliphatic carbocycles. The Kier molecular flexibility index (Phi) is 6.40. The fourth-order valence-corrected chi connectivity index (χ4v) is 6.16. The molecule has 1 aromatic carbocycles. The lowest BCUT2D eigenvalue weighted by molar-refractivity contribution is 0.0599. The molecule has 3 rings (SSSR count). The monoisotopic (exact) mass is 436 g/mol. The molecule has 1 amide bonds. The largest absolute Gasteiger partial charge is 0.465 e. The summed E-state index contributed by atoms with van der Waals surface area (Å²) in [5.41, 5.74) is 2.35. The molecular formula is C20H24N2O5S2. The van der Waals surface area contributed by atoms with Crippen molar-refractivity contribution in [2.45, 2.75) is 38.0 Å². The summed E-state index contributed by atoms with van der Waals surface area (Å²) in [4.78, 5) is 25.0. The minimum Gasteiger partial charge on any atom is -0.465 e. The highest BCUT2D eigenvalue weighted by molar-refractivity contribution is 7.89. The van der Waals surface area contributed by atoms with Crippen molar-refractivity contribution >= 4 is 38.9 Å². The lowest BCUT2D eigenvalue weighted by Gasteiger charge is -2.25. The van der Waals surface area contributed by atoms with Crippen LogP contribution in [0, 0.1) is 13.8 Å². The third-order valence-corrected chi connectivity index (χ3v) is 8.08. The van der Waals surface area contributed by atoms with Crippen molar-refractivity contribution < 1.29 is 22.7 Å². The molecule has 7 nitrogen and oxygen atoms in total. The first kappa shape index (κ1) is 21.5. The Morgan fingerprint density at radius 1 is 1.14 bits per heavy atom. The summed E-state index contributed by atoms with van der Waals surface area (Å²) in [6.07, 6.45) is 2.66. The number of anilines is 1. The molecule has 2 aromatic rings. The Morgan fingerprint density at radius 2 is 1.83 bits per heavy atom. The maximum atomic E-state index is 13.0. The molecular weight excluding hydrogens is 412 g/mol. The number of methoxy groups -OCH3 is 1. The average Bonchev–Trinajstić information content (AvgIpc) is 3.21. The van der Waals surface area contributed by atoms with Crippen LogP contribution in [0.3, 0.4) is 0 Å². The van der Waals surface area contributed by atoms with E-state index in [1.807, 2.05) is 6.92 Å². The van der Waals surface area contributed by atoms with Crippen LogP contribution in [-0.4, -0.2) is 44.8 Å². The highest BCUT2D eigenvalue weighted by Gasteiger charge is 2.31. The van der Waals surface area contributed by atoms with Crippen LogP contribution in [0.25, 0.3) is 0 Å². The van der Waals surface area contributed by atoms with E-state index in [0.717, 1.165) is 41.7 Å². The van der Waals surface area contributed by atoms with Gasteiger partial charge in [-0.2, -0.15) is 4.31 Å². The quantitative estimate of drug-likeness (QED) is 0.723. The molecule has 1 aliphatic heterocycles. The number of ether oxygens (including phenoxy) is 1. The van der Waals surface area contributed by atoms with Crippen molar-refractivity contribution in [2.24, 2.45) is 0 Å². The molecule has 1 aliphatic rings. The number of benzene rings is 1. The smallest absolute Gasteiger partial charge is 0.338 e. The number of esters is 1. The van der Waals surface area contributed by atoms with Gasteiger partial charge in [0.2, 0.25) is 10.0 Å². The number of sulfonamides is 1. The molecule has 0 bridgehead atoms. The molecule has 1 saturated heterocycles. The van der Waals surface area contributed by atoms with Crippen LogP contribution in [0.5, 0.6) is 0 Å². The lowest BCUT2D eigenvalue weighted by atomic mass is 10.0. The number of nitrogens with one attached hydrogen (secondary N) is 1. The number of amides is 1. The number of thiophene rings is 1. The van der Waals surface area contributed by atoms with Crippen molar-refractivity contribution in [1.29, 1.82) is 0 Å². The second kappa shape index (κ2) is 8.64. The minimum atomic E-state index is -3.72. The van der Waals surface area contributed by atoms with Gasteiger partial charge < -0.3 is 10.1 Å². The molecule has 0 unspecified atom stereocenters. The Balaban J connectivity index is 1.89. The average molecular weight is 437 g/mol. The lowest BCUT2D eigenvalue weighted by Crippen LogP contribution is -2.36. The van der Waals surface area contributed by atoms with Gasteiger partial charge in [0, 0.05) is 18.8 Å². The van der Waals surface area contributed by atoms with E-state index >= 15 is 0 Å². The Bertz CT molecular complexity index is 1040. The van der Waals surface area contributed by atoms with E-state index < -0.39 is 21.9 Å². The zero-order valence-electron chi connectivity index (χ0n) is 16.6. The van der Waals surface area contributed by atoms with E-state index in [-0.39, 0.29) is 9.77 Å². The summed E-state index contributed by atoms with van der Waals surface area (Å²) in [6, 6.07) is 4.76. The number of hydrogen-bond donors (Lipinski definition) is 1. The van der Waals surface area contributed by atoms with Crippen molar-refractivity contribution in [3.8, 4) is 0 Å². The van der Waals surface area contributed by atoms with Crippen LogP contribution in [-0.2, 0) is 14.8 Å². The van der Waals surface area contributed by atoms with Gasteiger partial charge in [0.1, 0.15) is 9.77 Å². The number of carbonyl (C=O) groups excluding carboxylic acids is 2. The van der Waals surface area contributed by atoms with Crippen LogP contribution in [0.4, 0.5) is 5.69 Å². The number of rotatable bonds is 5. The fraction of sp³-hybridized carbons (Fsp3) is 0.400. The Hall–Kier alpha value is -2.23. The second-order valence-electron chi connectivity index (χ2n) is 6.99. The van der Waals surface area contributed by atoms with Gasteiger partial charge in [-0.15, -0.1) is 11.3 Å². The topological polar surface area (TPSA) is 92.8 Å². The molecule has 0 atom stereocenters. The van der Waals surface area contributed by atoms with Gasteiger partial charge in [-0.1, -0.05) is 6.42 Å². The Labute approximate surface area is 174 Å². The van der Waals surface area contributed by atoms with Crippen LogP contribution in [0.2, 0.25) is 0 Å². The normalized spacial score (nSPS) is 15.1. The highest BCUT2D eigenvalue weighted by atomic mass is 32.2. The maximum absolute atomic E-state index is 13.0. The van der Waals surface area contributed by atoms with Gasteiger partial charge in [0.25, 0.3) is 5.91 Å². The van der Waals surface area contributed by atoms with Gasteiger partial charge in [-0.05, 0) is 61.4 Å². The fourth-order valence-electron chi connectivity index (χ4n) is 3.35. The second-order valence-corrected chi connectivity index (χ2v) is 9.81. The maximum Gasteiger partial charge on any atom is 0.338 e. The molecule has 0 spiro atoms. The summed E-state index contributed by atoms with van der Waals surface area (Å²) in [5, 5.41) is 4.33. The number of carbonyl (C=O) groups is 2.